The number of hydrogen-bond donors (Lipinski definition) is 2. The van der Waals surface area contributed by atoms with Gasteiger partial charge in [0.1, 0.15) is 10.7 Å². The van der Waals surface area contributed by atoms with Gasteiger partial charge in [-0.15, -0.1) is 23.7 Å². The molecule has 17 heavy (non-hydrogen) atoms. The Balaban J connectivity index is 0.00000256. The highest BCUT2D eigenvalue weighted by Gasteiger charge is 2.12. The van der Waals surface area contributed by atoms with Crippen molar-refractivity contribution in [2.45, 2.75) is 27.3 Å². The fourth-order valence-corrected chi connectivity index (χ4v) is 1.74. The molecule has 0 fully saturated rings. The van der Waals surface area contributed by atoms with Crippen LogP contribution in [0.2, 0.25) is 0 Å². The normalized spacial score (nSPS) is 12.1. The van der Waals surface area contributed by atoms with Crippen molar-refractivity contribution in [3.8, 4) is 0 Å². The molecule has 0 aromatic carbocycles. The van der Waals surface area contributed by atoms with Crippen LogP contribution in [0.1, 0.15) is 36.3 Å². The van der Waals surface area contributed by atoms with Crippen molar-refractivity contribution < 1.29 is 4.79 Å². The zero-order valence-corrected chi connectivity index (χ0v) is 12.0. The van der Waals surface area contributed by atoms with E-state index in [-0.39, 0.29) is 18.3 Å². The van der Waals surface area contributed by atoms with E-state index < -0.39 is 0 Å². The number of halogens is 1. The molecule has 1 heterocycles. The highest BCUT2D eigenvalue weighted by molar-refractivity contribution is 7.09. The number of rotatable bonds is 5. The molecule has 0 aliphatic carbocycles. The lowest BCUT2D eigenvalue weighted by Gasteiger charge is -2.15. The number of nitrogens with two attached hydrogens (primary N) is 1. The van der Waals surface area contributed by atoms with Gasteiger partial charge in [0.25, 0.3) is 5.91 Å². The Morgan fingerprint density at radius 1 is 1.53 bits per heavy atom. The summed E-state index contributed by atoms with van der Waals surface area (Å²) in [5.41, 5.74) is 5.91. The van der Waals surface area contributed by atoms with E-state index in [0.717, 1.165) is 5.01 Å². The molecule has 0 saturated heterocycles. The second-order valence-electron chi connectivity index (χ2n) is 4.26. The average Bonchev–Trinajstić information content (AvgIpc) is 2.73. The molecule has 0 saturated carbocycles. The topological polar surface area (TPSA) is 68.0 Å². The van der Waals surface area contributed by atoms with Gasteiger partial charge in [-0.25, -0.2) is 4.98 Å². The maximum atomic E-state index is 11.7. The Morgan fingerprint density at radius 3 is 2.65 bits per heavy atom. The number of carbonyl (C=O) groups is 1. The van der Waals surface area contributed by atoms with Crippen LogP contribution in [-0.2, 0) is 6.54 Å². The van der Waals surface area contributed by atoms with Crippen molar-refractivity contribution in [2.75, 3.05) is 6.54 Å². The Morgan fingerprint density at radius 2 is 2.18 bits per heavy atom. The van der Waals surface area contributed by atoms with Crippen LogP contribution in [0.4, 0.5) is 0 Å². The van der Waals surface area contributed by atoms with Crippen molar-refractivity contribution in [1.29, 1.82) is 0 Å². The van der Waals surface area contributed by atoms with E-state index in [0.29, 0.717) is 30.6 Å². The van der Waals surface area contributed by atoms with E-state index in [1.165, 1.54) is 11.3 Å². The van der Waals surface area contributed by atoms with Gasteiger partial charge < -0.3 is 11.1 Å². The largest absolute Gasteiger partial charge is 0.350 e. The van der Waals surface area contributed by atoms with Crippen molar-refractivity contribution >= 4 is 29.7 Å². The summed E-state index contributed by atoms with van der Waals surface area (Å²) in [5, 5.41) is 5.42. The summed E-state index contributed by atoms with van der Waals surface area (Å²) < 4.78 is 0. The molecular formula is C11H20ClN3OS. The van der Waals surface area contributed by atoms with Crippen LogP contribution in [0, 0.1) is 11.8 Å². The van der Waals surface area contributed by atoms with E-state index in [4.69, 9.17) is 5.73 Å². The summed E-state index contributed by atoms with van der Waals surface area (Å²) in [6.45, 7) is 7.49. The van der Waals surface area contributed by atoms with E-state index in [1.54, 1.807) is 5.38 Å². The predicted molar refractivity (Wildman–Crippen MR) is 73.6 cm³/mol. The van der Waals surface area contributed by atoms with Crippen LogP contribution in [0.25, 0.3) is 0 Å². The molecule has 1 aromatic heterocycles. The van der Waals surface area contributed by atoms with Gasteiger partial charge in [0, 0.05) is 18.5 Å². The molecule has 98 valence electrons. The Labute approximate surface area is 112 Å². The van der Waals surface area contributed by atoms with Crippen LogP contribution >= 0.6 is 23.7 Å². The summed E-state index contributed by atoms with van der Waals surface area (Å²) in [5.74, 6) is 0.926. The first kappa shape index (κ1) is 16.4. The maximum absolute atomic E-state index is 11.7. The number of amides is 1. The average molecular weight is 278 g/mol. The summed E-state index contributed by atoms with van der Waals surface area (Å²) in [6.07, 6.45) is 0. The fourth-order valence-electron chi connectivity index (χ4n) is 1.09. The van der Waals surface area contributed by atoms with Crippen molar-refractivity contribution in [2.24, 2.45) is 17.6 Å². The molecule has 0 aliphatic heterocycles. The third-order valence-electron chi connectivity index (χ3n) is 2.68. The van der Waals surface area contributed by atoms with Crippen LogP contribution in [0.5, 0.6) is 0 Å². The molecule has 0 spiro atoms. The Bertz CT molecular complexity index is 354. The number of nitrogens with one attached hydrogen (secondary N) is 1. The Kier molecular flexibility index (Phi) is 7.34. The van der Waals surface area contributed by atoms with Gasteiger partial charge in [-0.05, 0) is 11.8 Å². The molecule has 0 radical (unpaired) electrons. The third-order valence-corrected chi connectivity index (χ3v) is 3.55. The van der Waals surface area contributed by atoms with Gasteiger partial charge in [-0.2, -0.15) is 0 Å². The minimum absolute atomic E-state index is 0. The SMILES string of the molecule is CC(C)C(C)CNC(=O)c1csc(CN)n1.Cl. The van der Waals surface area contributed by atoms with Gasteiger partial charge in [0.15, 0.2) is 0 Å². The summed E-state index contributed by atoms with van der Waals surface area (Å²) >= 11 is 1.42. The zero-order valence-electron chi connectivity index (χ0n) is 10.4. The zero-order chi connectivity index (χ0) is 12.1. The van der Waals surface area contributed by atoms with Crippen LogP contribution < -0.4 is 11.1 Å². The van der Waals surface area contributed by atoms with Crippen LogP contribution in [0.15, 0.2) is 5.38 Å². The molecule has 0 aliphatic rings. The smallest absolute Gasteiger partial charge is 0.270 e. The van der Waals surface area contributed by atoms with Gasteiger partial charge in [0.05, 0.1) is 0 Å². The van der Waals surface area contributed by atoms with Gasteiger partial charge in [-0.3, -0.25) is 4.79 Å². The molecular weight excluding hydrogens is 258 g/mol. The summed E-state index contributed by atoms with van der Waals surface area (Å²) in [4.78, 5) is 15.8. The number of aromatic nitrogens is 1. The van der Waals surface area contributed by atoms with Crippen molar-refractivity contribution in [3.63, 3.8) is 0 Å². The molecule has 6 heteroatoms. The first-order chi connectivity index (χ1) is 7.54. The van der Waals surface area contributed by atoms with Gasteiger partial charge in [-0.1, -0.05) is 20.8 Å². The van der Waals surface area contributed by atoms with Crippen LogP contribution in [0.3, 0.4) is 0 Å². The molecule has 1 unspecified atom stereocenters. The molecule has 0 bridgehead atoms. The van der Waals surface area contributed by atoms with E-state index in [9.17, 15) is 4.79 Å². The quantitative estimate of drug-likeness (QED) is 0.865. The molecule has 1 aromatic rings. The Hall–Kier alpha value is -0.650. The molecule has 4 nitrogen and oxygen atoms in total. The number of nitrogens with zero attached hydrogens (tertiary/aromatic N) is 1. The minimum Gasteiger partial charge on any atom is -0.350 e. The summed E-state index contributed by atoms with van der Waals surface area (Å²) in [6, 6.07) is 0. The van der Waals surface area contributed by atoms with Crippen molar-refractivity contribution in [1.82, 2.24) is 10.3 Å². The molecule has 1 atom stereocenters. The number of hydrogen-bond acceptors (Lipinski definition) is 4. The lowest BCUT2D eigenvalue weighted by Crippen LogP contribution is -2.30. The molecule has 1 amide bonds. The molecule has 1 rings (SSSR count). The first-order valence-electron chi connectivity index (χ1n) is 5.47. The third kappa shape index (κ3) is 5.02. The van der Waals surface area contributed by atoms with Crippen molar-refractivity contribution in [3.05, 3.63) is 16.1 Å². The standard InChI is InChI=1S/C11H19N3OS.ClH/c1-7(2)8(3)5-13-11(15)9-6-16-10(4-12)14-9;/h6-8H,4-5,12H2,1-3H3,(H,13,15);1H. The van der Waals surface area contributed by atoms with Gasteiger partial charge in [0.2, 0.25) is 0 Å². The lowest BCUT2D eigenvalue weighted by atomic mass is 9.98. The lowest BCUT2D eigenvalue weighted by molar-refractivity contribution is 0.0940. The molecule has 3 N–H and O–H groups in total. The van der Waals surface area contributed by atoms with Gasteiger partial charge >= 0.3 is 0 Å². The second-order valence-corrected chi connectivity index (χ2v) is 5.20. The van der Waals surface area contributed by atoms with E-state index in [1.807, 2.05) is 0 Å². The first-order valence-corrected chi connectivity index (χ1v) is 6.35. The number of carbonyl (C=O) groups excluding carboxylic acids is 1. The number of thiazole rings is 1. The van der Waals surface area contributed by atoms with E-state index >= 15 is 0 Å². The van der Waals surface area contributed by atoms with Crippen LogP contribution in [-0.4, -0.2) is 17.4 Å². The van der Waals surface area contributed by atoms with E-state index in [2.05, 4.69) is 31.1 Å². The minimum atomic E-state index is -0.108. The second kappa shape index (κ2) is 7.63. The highest BCUT2D eigenvalue weighted by Crippen LogP contribution is 2.10. The fraction of sp³-hybridized carbons (Fsp3) is 0.636. The highest BCUT2D eigenvalue weighted by atomic mass is 35.5. The predicted octanol–water partition coefficient (Wildman–Crippen LogP) is 2.05. The summed E-state index contributed by atoms with van der Waals surface area (Å²) in [7, 11) is 0. The maximum Gasteiger partial charge on any atom is 0.270 e. The monoisotopic (exact) mass is 277 g/mol.